The fourth-order valence-corrected chi connectivity index (χ4v) is 1.32. The Hall–Kier alpha value is -1.51. The lowest BCUT2D eigenvalue weighted by atomic mass is 10.2. The zero-order valence-corrected chi connectivity index (χ0v) is 8.45. The van der Waals surface area contributed by atoms with Gasteiger partial charge in [-0.15, -0.1) is 0 Å². The quantitative estimate of drug-likeness (QED) is 0.807. The van der Waals surface area contributed by atoms with E-state index in [0.717, 1.165) is 23.3 Å². The zero-order valence-electron chi connectivity index (χ0n) is 8.45. The Labute approximate surface area is 83.1 Å². The minimum atomic E-state index is 0.539. The summed E-state index contributed by atoms with van der Waals surface area (Å²) in [4.78, 5) is 0. The first-order chi connectivity index (χ1) is 6.77. The monoisotopic (exact) mass is 190 g/mol. The number of aromatic amines is 1. The molecule has 0 radical (unpaired) electrons. The van der Waals surface area contributed by atoms with E-state index in [1.54, 1.807) is 6.20 Å². The maximum absolute atomic E-state index is 5.68. The van der Waals surface area contributed by atoms with Crippen LogP contribution in [-0.2, 0) is 0 Å². The van der Waals surface area contributed by atoms with E-state index in [1.165, 1.54) is 0 Å². The van der Waals surface area contributed by atoms with Crippen molar-refractivity contribution in [2.75, 3.05) is 6.61 Å². The molecule has 3 nitrogen and oxygen atoms in total. The van der Waals surface area contributed by atoms with Gasteiger partial charge in [-0.1, -0.05) is 19.9 Å². The second-order valence-electron chi connectivity index (χ2n) is 3.79. The molecular formula is C11H14N2O. The van der Waals surface area contributed by atoms with E-state index in [9.17, 15) is 0 Å². The molecule has 2 aromatic rings. The molecule has 74 valence electrons. The van der Waals surface area contributed by atoms with Crippen molar-refractivity contribution in [1.82, 2.24) is 10.2 Å². The molecule has 0 aliphatic rings. The Balaban J connectivity index is 2.27. The van der Waals surface area contributed by atoms with Crippen LogP contribution in [0.4, 0.5) is 0 Å². The molecule has 0 aliphatic heterocycles. The van der Waals surface area contributed by atoms with E-state index >= 15 is 0 Å². The highest BCUT2D eigenvalue weighted by Crippen LogP contribution is 2.23. The predicted molar refractivity (Wildman–Crippen MR) is 56.4 cm³/mol. The van der Waals surface area contributed by atoms with Crippen LogP contribution in [0.15, 0.2) is 24.4 Å². The first-order valence-corrected chi connectivity index (χ1v) is 4.82. The van der Waals surface area contributed by atoms with E-state index < -0.39 is 0 Å². The standard InChI is InChI=1S/C11H14N2O/c1-8(2)7-14-11-5-3-4-10-9(11)6-12-13-10/h3-6,8H,7H2,1-2H3,(H,12,13). The molecule has 0 unspecified atom stereocenters. The number of fused-ring (bicyclic) bond motifs is 1. The summed E-state index contributed by atoms with van der Waals surface area (Å²) in [6, 6.07) is 5.93. The Morgan fingerprint density at radius 2 is 2.29 bits per heavy atom. The van der Waals surface area contributed by atoms with Crippen LogP contribution in [0.5, 0.6) is 5.75 Å². The molecule has 0 fully saturated rings. The van der Waals surface area contributed by atoms with Gasteiger partial charge in [-0.2, -0.15) is 5.10 Å². The van der Waals surface area contributed by atoms with Gasteiger partial charge in [0.05, 0.1) is 23.7 Å². The van der Waals surface area contributed by atoms with E-state index in [0.29, 0.717) is 5.92 Å². The van der Waals surface area contributed by atoms with Crippen molar-refractivity contribution in [3.63, 3.8) is 0 Å². The maximum Gasteiger partial charge on any atom is 0.130 e. The third-order valence-corrected chi connectivity index (χ3v) is 2.02. The molecule has 0 bridgehead atoms. The number of rotatable bonds is 3. The van der Waals surface area contributed by atoms with Gasteiger partial charge in [0.15, 0.2) is 0 Å². The highest BCUT2D eigenvalue weighted by molar-refractivity contribution is 5.84. The smallest absolute Gasteiger partial charge is 0.130 e. The molecule has 1 heterocycles. The summed E-state index contributed by atoms with van der Waals surface area (Å²) in [5.41, 5.74) is 1.02. The molecule has 0 amide bonds. The summed E-state index contributed by atoms with van der Waals surface area (Å²) in [5, 5.41) is 7.95. The summed E-state index contributed by atoms with van der Waals surface area (Å²) in [7, 11) is 0. The number of hydrogen-bond donors (Lipinski definition) is 1. The van der Waals surface area contributed by atoms with Crippen molar-refractivity contribution in [3.8, 4) is 5.75 Å². The molecule has 0 atom stereocenters. The maximum atomic E-state index is 5.68. The minimum Gasteiger partial charge on any atom is -0.493 e. The first kappa shape index (κ1) is 9.06. The Morgan fingerprint density at radius 1 is 1.43 bits per heavy atom. The number of aromatic nitrogens is 2. The number of nitrogens with one attached hydrogen (secondary N) is 1. The molecule has 1 aromatic carbocycles. The second-order valence-corrected chi connectivity index (χ2v) is 3.79. The minimum absolute atomic E-state index is 0.539. The molecule has 2 rings (SSSR count). The topological polar surface area (TPSA) is 37.9 Å². The molecule has 0 saturated carbocycles. The average Bonchev–Trinajstić information content (AvgIpc) is 2.62. The number of benzene rings is 1. The molecular weight excluding hydrogens is 176 g/mol. The van der Waals surface area contributed by atoms with Gasteiger partial charge in [-0.25, -0.2) is 0 Å². The van der Waals surface area contributed by atoms with Crippen LogP contribution in [0.1, 0.15) is 13.8 Å². The van der Waals surface area contributed by atoms with Crippen molar-refractivity contribution < 1.29 is 4.74 Å². The van der Waals surface area contributed by atoms with Crippen LogP contribution in [0.2, 0.25) is 0 Å². The van der Waals surface area contributed by atoms with Gasteiger partial charge in [0.2, 0.25) is 0 Å². The van der Waals surface area contributed by atoms with E-state index in [-0.39, 0.29) is 0 Å². The molecule has 0 saturated heterocycles. The molecule has 0 aliphatic carbocycles. The lowest BCUT2D eigenvalue weighted by molar-refractivity contribution is 0.274. The molecule has 1 aromatic heterocycles. The summed E-state index contributed by atoms with van der Waals surface area (Å²) >= 11 is 0. The van der Waals surface area contributed by atoms with Crippen molar-refractivity contribution >= 4 is 10.9 Å². The van der Waals surface area contributed by atoms with Gasteiger partial charge >= 0.3 is 0 Å². The van der Waals surface area contributed by atoms with Crippen LogP contribution in [0, 0.1) is 5.92 Å². The highest BCUT2D eigenvalue weighted by atomic mass is 16.5. The van der Waals surface area contributed by atoms with E-state index in [1.807, 2.05) is 18.2 Å². The van der Waals surface area contributed by atoms with E-state index in [4.69, 9.17) is 4.74 Å². The van der Waals surface area contributed by atoms with Crippen molar-refractivity contribution in [2.45, 2.75) is 13.8 Å². The van der Waals surface area contributed by atoms with Crippen molar-refractivity contribution in [2.24, 2.45) is 5.92 Å². The van der Waals surface area contributed by atoms with Gasteiger partial charge < -0.3 is 4.74 Å². The number of nitrogens with zero attached hydrogens (tertiary/aromatic N) is 1. The second kappa shape index (κ2) is 3.70. The SMILES string of the molecule is CC(C)COc1cccc2[nH]ncc12. The van der Waals surface area contributed by atoms with Gasteiger partial charge in [-0.3, -0.25) is 5.10 Å². The van der Waals surface area contributed by atoms with Gasteiger partial charge in [0.1, 0.15) is 5.75 Å². The van der Waals surface area contributed by atoms with Crippen molar-refractivity contribution in [1.29, 1.82) is 0 Å². The van der Waals surface area contributed by atoms with E-state index in [2.05, 4.69) is 24.0 Å². The van der Waals surface area contributed by atoms with Gasteiger partial charge in [-0.05, 0) is 18.1 Å². The highest BCUT2D eigenvalue weighted by Gasteiger charge is 2.03. The van der Waals surface area contributed by atoms with Gasteiger partial charge in [0.25, 0.3) is 0 Å². The Morgan fingerprint density at radius 3 is 3.07 bits per heavy atom. The Kier molecular flexibility index (Phi) is 2.39. The average molecular weight is 190 g/mol. The predicted octanol–water partition coefficient (Wildman–Crippen LogP) is 2.60. The van der Waals surface area contributed by atoms with Crippen LogP contribution >= 0.6 is 0 Å². The number of H-pyrrole nitrogens is 1. The van der Waals surface area contributed by atoms with Crippen LogP contribution < -0.4 is 4.74 Å². The lowest BCUT2D eigenvalue weighted by Crippen LogP contribution is -2.04. The first-order valence-electron chi connectivity index (χ1n) is 4.82. The summed E-state index contributed by atoms with van der Waals surface area (Å²) in [6.45, 7) is 5.01. The zero-order chi connectivity index (χ0) is 9.97. The van der Waals surface area contributed by atoms with Gasteiger partial charge in [0, 0.05) is 0 Å². The fraction of sp³-hybridized carbons (Fsp3) is 0.364. The lowest BCUT2D eigenvalue weighted by Gasteiger charge is -2.08. The molecule has 1 N–H and O–H groups in total. The third-order valence-electron chi connectivity index (χ3n) is 2.02. The van der Waals surface area contributed by atoms with Crippen molar-refractivity contribution in [3.05, 3.63) is 24.4 Å². The Bertz CT molecular complexity index is 420. The van der Waals surface area contributed by atoms with Crippen LogP contribution in [0.25, 0.3) is 10.9 Å². The normalized spacial score (nSPS) is 11.1. The van der Waals surface area contributed by atoms with Crippen LogP contribution in [-0.4, -0.2) is 16.8 Å². The number of ether oxygens (including phenoxy) is 1. The third kappa shape index (κ3) is 1.71. The summed E-state index contributed by atoms with van der Waals surface area (Å²) in [6.07, 6.45) is 1.80. The van der Waals surface area contributed by atoms with Crippen LogP contribution in [0.3, 0.4) is 0 Å². The largest absolute Gasteiger partial charge is 0.493 e. The molecule has 14 heavy (non-hydrogen) atoms. The molecule has 3 heteroatoms. The molecule has 0 spiro atoms. The number of hydrogen-bond acceptors (Lipinski definition) is 2. The summed E-state index contributed by atoms with van der Waals surface area (Å²) in [5.74, 6) is 1.45. The fourth-order valence-electron chi connectivity index (χ4n) is 1.32. The summed E-state index contributed by atoms with van der Waals surface area (Å²) < 4.78 is 5.68.